The number of anilines is 2. The minimum absolute atomic E-state index is 0.0304. The second kappa shape index (κ2) is 8.78. The maximum Gasteiger partial charge on any atom is 0.263 e. The Morgan fingerprint density at radius 1 is 1.14 bits per heavy atom. The van der Waals surface area contributed by atoms with Gasteiger partial charge in [-0.05, 0) is 49.7 Å². The molecule has 152 valence electrons. The number of hydrogen-bond donors (Lipinski definition) is 2. The zero-order valence-corrected chi connectivity index (χ0v) is 16.8. The quantitative estimate of drug-likeness (QED) is 0.579. The molecule has 8 nitrogen and oxygen atoms in total. The number of carbonyl (C=O) groups excluding carboxylic acids is 1. The molecule has 0 unspecified atom stereocenters. The molecule has 1 aromatic heterocycles. The fraction of sp³-hybridized carbons (Fsp3) is 0.200. The van der Waals surface area contributed by atoms with E-state index in [-0.39, 0.29) is 16.6 Å². The largest absolute Gasteiger partial charge is 0.493 e. The lowest BCUT2D eigenvalue weighted by molar-refractivity contribution is 0.102. The first-order valence-electron chi connectivity index (χ1n) is 8.98. The molecule has 0 radical (unpaired) electrons. The molecule has 2 N–H and O–H groups in total. The van der Waals surface area contributed by atoms with Crippen molar-refractivity contribution in [3.05, 3.63) is 65.9 Å². The first-order valence-corrected chi connectivity index (χ1v) is 10.5. The number of carbonyl (C=O) groups is 1. The average Bonchev–Trinajstić information content (AvgIpc) is 3.11. The minimum Gasteiger partial charge on any atom is -0.493 e. The number of ether oxygens (including phenoxy) is 1. The van der Waals surface area contributed by atoms with Crippen molar-refractivity contribution in [1.29, 1.82) is 0 Å². The monoisotopic (exact) mass is 415 g/mol. The number of hydrogen-bond acceptors (Lipinski definition) is 6. The summed E-state index contributed by atoms with van der Waals surface area (Å²) in [5, 5.41) is 6.36. The van der Waals surface area contributed by atoms with Crippen molar-refractivity contribution in [3.63, 3.8) is 0 Å². The molecule has 9 heteroatoms. The Labute approximate surface area is 168 Å². The summed E-state index contributed by atoms with van der Waals surface area (Å²) in [5.41, 5.74) is 0.859. The van der Waals surface area contributed by atoms with E-state index in [4.69, 9.17) is 9.26 Å². The van der Waals surface area contributed by atoms with Crippen LogP contribution in [0.4, 0.5) is 11.5 Å². The third kappa shape index (κ3) is 5.14. The highest BCUT2D eigenvalue weighted by Crippen LogP contribution is 2.22. The summed E-state index contributed by atoms with van der Waals surface area (Å²) in [6.45, 7) is 4.15. The first kappa shape index (κ1) is 20.4. The van der Waals surface area contributed by atoms with Gasteiger partial charge in [-0.3, -0.25) is 9.52 Å². The van der Waals surface area contributed by atoms with Crippen LogP contribution in [0.2, 0.25) is 0 Å². The molecule has 0 fully saturated rings. The van der Waals surface area contributed by atoms with Crippen LogP contribution in [0.5, 0.6) is 5.75 Å². The third-order valence-corrected chi connectivity index (χ3v) is 5.25. The molecule has 0 saturated carbocycles. The summed E-state index contributed by atoms with van der Waals surface area (Å²) in [6, 6.07) is 14.2. The van der Waals surface area contributed by atoms with Gasteiger partial charge < -0.3 is 14.6 Å². The number of nitrogens with one attached hydrogen (secondary N) is 2. The van der Waals surface area contributed by atoms with Gasteiger partial charge in [-0.1, -0.05) is 24.2 Å². The number of aromatic nitrogens is 1. The molecule has 0 bridgehead atoms. The third-order valence-electron chi connectivity index (χ3n) is 3.88. The number of aryl methyl sites for hydroxylation is 1. The van der Waals surface area contributed by atoms with Crippen molar-refractivity contribution in [3.8, 4) is 5.75 Å². The van der Waals surface area contributed by atoms with Crippen molar-refractivity contribution in [2.45, 2.75) is 25.2 Å². The van der Waals surface area contributed by atoms with E-state index in [1.54, 1.807) is 31.2 Å². The number of sulfonamides is 1. The van der Waals surface area contributed by atoms with E-state index in [1.807, 2.05) is 6.92 Å². The van der Waals surface area contributed by atoms with E-state index in [1.165, 1.54) is 30.3 Å². The van der Waals surface area contributed by atoms with Crippen LogP contribution in [0, 0.1) is 6.92 Å². The zero-order chi connectivity index (χ0) is 20.9. The average molecular weight is 415 g/mol. The van der Waals surface area contributed by atoms with Gasteiger partial charge in [0, 0.05) is 11.8 Å². The van der Waals surface area contributed by atoms with Crippen molar-refractivity contribution in [1.82, 2.24) is 5.16 Å². The topological polar surface area (TPSA) is 111 Å². The van der Waals surface area contributed by atoms with Crippen molar-refractivity contribution in [2.75, 3.05) is 16.6 Å². The van der Waals surface area contributed by atoms with Crippen LogP contribution in [0.25, 0.3) is 0 Å². The summed E-state index contributed by atoms with van der Waals surface area (Å²) in [4.78, 5) is 12.6. The van der Waals surface area contributed by atoms with Crippen LogP contribution in [0.1, 0.15) is 29.5 Å². The molecule has 3 rings (SSSR count). The summed E-state index contributed by atoms with van der Waals surface area (Å²) < 4.78 is 37.6. The maximum absolute atomic E-state index is 12.6. The Morgan fingerprint density at radius 3 is 2.52 bits per heavy atom. The highest BCUT2D eigenvalue weighted by atomic mass is 32.2. The Balaban J connectivity index is 1.71. The van der Waals surface area contributed by atoms with Gasteiger partial charge in [0.15, 0.2) is 5.82 Å². The van der Waals surface area contributed by atoms with E-state index in [0.29, 0.717) is 29.4 Å². The van der Waals surface area contributed by atoms with Crippen LogP contribution < -0.4 is 14.8 Å². The second-order valence-corrected chi connectivity index (χ2v) is 7.93. The molecular formula is C20H21N3O5S. The van der Waals surface area contributed by atoms with Gasteiger partial charge >= 0.3 is 0 Å². The van der Waals surface area contributed by atoms with E-state index < -0.39 is 10.0 Å². The Bertz CT molecular complexity index is 1090. The van der Waals surface area contributed by atoms with Crippen LogP contribution in [-0.2, 0) is 10.0 Å². The summed E-state index contributed by atoms with van der Waals surface area (Å²) in [6.07, 6.45) is 0.827. The summed E-state index contributed by atoms with van der Waals surface area (Å²) >= 11 is 0. The van der Waals surface area contributed by atoms with Crippen molar-refractivity contribution in [2.24, 2.45) is 0 Å². The van der Waals surface area contributed by atoms with E-state index in [2.05, 4.69) is 15.2 Å². The van der Waals surface area contributed by atoms with Gasteiger partial charge in [0.2, 0.25) is 0 Å². The van der Waals surface area contributed by atoms with Gasteiger partial charge in [0.25, 0.3) is 15.9 Å². The van der Waals surface area contributed by atoms with Crippen molar-refractivity contribution < 1.29 is 22.5 Å². The zero-order valence-electron chi connectivity index (χ0n) is 16.0. The number of nitrogens with zero attached hydrogens (tertiary/aromatic N) is 1. The van der Waals surface area contributed by atoms with Gasteiger partial charge in [0.1, 0.15) is 11.5 Å². The SMILES string of the molecule is CCCOc1ccccc1C(=O)Nc1ccc(S(=O)(=O)Nc2cc(C)on2)cc1. The summed E-state index contributed by atoms with van der Waals surface area (Å²) in [5.74, 6) is 0.745. The number of rotatable bonds is 8. The lowest BCUT2D eigenvalue weighted by atomic mass is 10.2. The predicted octanol–water partition coefficient (Wildman–Crippen LogP) is 3.82. The highest BCUT2D eigenvalue weighted by molar-refractivity contribution is 7.92. The maximum atomic E-state index is 12.6. The number of amides is 1. The molecule has 0 aliphatic heterocycles. The Morgan fingerprint density at radius 2 is 1.86 bits per heavy atom. The molecule has 0 aliphatic rings. The molecular weight excluding hydrogens is 394 g/mol. The predicted molar refractivity (Wildman–Crippen MR) is 109 cm³/mol. The number of para-hydroxylation sites is 1. The van der Waals surface area contributed by atoms with Gasteiger partial charge in [-0.25, -0.2) is 8.42 Å². The minimum atomic E-state index is -3.82. The number of benzene rings is 2. The molecule has 1 heterocycles. The fourth-order valence-corrected chi connectivity index (χ4v) is 3.50. The fourth-order valence-electron chi connectivity index (χ4n) is 2.52. The van der Waals surface area contributed by atoms with E-state index >= 15 is 0 Å². The lowest BCUT2D eigenvalue weighted by Crippen LogP contribution is -2.15. The first-order chi connectivity index (χ1) is 13.9. The molecule has 0 saturated heterocycles. The van der Waals surface area contributed by atoms with E-state index in [9.17, 15) is 13.2 Å². The van der Waals surface area contributed by atoms with E-state index in [0.717, 1.165) is 6.42 Å². The molecule has 1 amide bonds. The summed E-state index contributed by atoms with van der Waals surface area (Å²) in [7, 11) is -3.82. The molecule has 2 aromatic carbocycles. The highest BCUT2D eigenvalue weighted by Gasteiger charge is 2.17. The smallest absolute Gasteiger partial charge is 0.263 e. The standard InChI is InChI=1S/C20H21N3O5S/c1-3-12-27-18-7-5-4-6-17(18)20(24)21-15-8-10-16(11-9-15)29(25,26)23-19-13-14(2)28-22-19/h4-11,13H,3,12H2,1-2H3,(H,21,24)(H,22,23). The second-order valence-electron chi connectivity index (χ2n) is 6.25. The van der Waals surface area contributed by atoms with Crippen molar-refractivity contribution >= 4 is 27.4 Å². The van der Waals surface area contributed by atoms with Gasteiger partial charge in [0.05, 0.1) is 17.1 Å². The normalized spacial score (nSPS) is 11.1. The molecule has 3 aromatic rings. The Kier molecular flexibility index (Phi) is 6.18. The lowest BCUT2D eigenvalue weighted by Gasteiger charge is -2.11. The molecule has 0 atom stereocenters. The molecule has 29 heavy (non-hydrogen) atoms. The van der Waals surface area contributed by atoms with Gasteiger partial charge in [-0.2, -0.15) is 0 Å². The van der Waals surface area contributed by atoms with Crippen LogP contribution in [0.3, 0.4) is 0 Å². The van der Waals surface area contributed by atoms with Crippen LogP contribution >= 0.6 is 0 Å². The van der Waals surface area contributed by atoms with Crippen LogP contribution in [0.15, 0.2) is 64.0 Å². The van der Waals surface area contributed by atoms with Gasteiger partial charge in [-0.15, -0.1) is 0 Å². The molecule has 0 aliphatic carbocycles. The molecule has 0 spiro atoms. The van der Waals surface area contributed by atoms with Crippen LogP contribution in [-0.4, -0.2) is 26.1 Å². The Hall–Kier alpha value is -3.33.